The van der Waals surface area contributed by atoms with Gasteiger partial charge in [-0.1, -0.05) is 45.2 Å². The molecule has 0 aromatic heterocycles. The minimum atomic E-state index is -0.548. The van der Waals surface area contributed by atoms with E-state index in [4.69, 9.17) is 49.6 Å². The zero-order valence-electron chi connectivity index (χ0n) is 20.2. The summed E-state index contributed by atoms with van der Waals surface area (Å²) in [4.78, 5) is 28.7. The molecule has 0 bridgehead atoms. The van der Waals surface area contributed by atoms with Crippen LogP contribution < -0.4 is 14.4 Å². The van der Waals surface area contributed by atoms with Crippen LogP contribution in [0.1, 0.15) is 11.1 Å². The number of carbonyl (C=O) groups is 2. The summed E-state index contributed by atoms with van der Waals surface area (Å²) < 4.78 is 16.9. The lowest BCUT2D eigenvalue weighted by atomic mass is 10.1. The van der Waals surface area contributed by atoms with Crippen molar-refractivity contribution in [1.82, 2.24) is 4.90 Å². The molecule has 7 nitrogen and oxygen atoms in total. The predicted octanol–water partition coefficient (Wildman–Crippen LogP) is 6.49. The van der Waals surface area contributed by atoms with E-state index in [1.165, 1.54) is 16.9 Å². The molecular weight excluding hydrogens is 615 g/mol. The quantitative estimate of drug-likeness (QED) is 0.159. The Morgan fingerprint density at radius 1 is 1.03 bits per heavy atom. The second-order valence-electron chi connectivity index (χ2n) is 8.03. The first kappa shape index (κ1) is 27.9. The molecule has 3 aromatic rings. The highest BCUT2D eigenvalue weighted by molar-refractivity contribution is 9.10. The van der Waals surface area contributed by atoms with E-state index >= 15 is 0 Å². The lowest BCUT2D eigenvalue weighted by Crippen LogP contribution is -2.35. The number of esters is 1. The zero-order chi connectivity index (χ0) is 27.4. The van der Waals surface area contributed by atoms with Crippen LogP contribution in [0.5, 0.6) is 11.5 Å². The highest BCUT2D eigenvalue weighted by Gasteiger charge is 2.40. The van der Waals surface area contributed by atoms with E-state index in [9.17, 15) is 9.59 Å². The van der Waals surface area contributed by atoms with Gasteiger partial charge in [-0.15, -0.1) is 0 Å². The number of methoxy groups -OCH3 is 2. The summed E-state index contributed by atoms with van der Waals surface area (Å²) in [7, 11) is 2.83. The molecule has 0 unspecified atom stereocenters. The molecule has 1 aliphatic rings. The number of hydrogen-bond acceptors (Lipinski definition) is 6. The normalized spacial score (nSPS) is 14.3. The van der Waals surface area contributed by atoms with E-state index in [-0.39, 0.29) is 24.0 Å². The summed E-state index contributed by atoms with van der Waals surface area (Å²) in [5, 5.41) is 1.02. The van der Waals surface area contributed by atoms with Gasteiger partial charge in [-0.2, -0.15) is 0 Å². The number of halogens is 3. The van der Waals surface area contributed by atoms with Gasteiger partial charge >= 0.3 is 5.97 Å². The van der Waals surface area contributed by atoms with Gasteiger partial charge < -0.3 is 19.1 Å². The summed E-state index contributed by atoms with van der Waals surface area (Å²) in [5.41, 5.74) is 2.13. The minimum absolute atomic E-state index is 0.144. The van der Waals surface area contributed by atoms with Gasteiger partial charge in [-0.25, -0.2) is 0 Å². The zero-order valence-corrected chi connectivity index (χ0v) is 24.2. The third-order valence-corrected chi connectivity index (χ3v) is 7.26. The molecule has 0 radical (unpaired) electrons. The molecule has 11 heteroatoms. The Kier molecular flexibility index (Phi) is 8.94. The monoisotopic (exact) mass is 634 g/mol. The van der Waals surface area contributed by atoms with Crippen molar-refractivity contribution in [1.29, 1.82) is 0 Å². The number of nitrogens with zero attached hydrogens (tertiary/aromatic N) is 2. The third-order valence-electron chi connectivity index (χ3n) is 5.62. The summed E-state index contributed by atoms with van der Waals surface area (Å²) in [6.07, 6.45) is 1.63. The Morgan fingerprint density at radius 3 is 2.42 bits per heavy atom. The number of anilines is 1. The van der Waals surface area contributed by atoms with Crippen molar-refractivity contribution < 1.29 is 23.8 Å². The van der Waals surface area contributed by atoms with Crippen molar-refractivity contribution in [3.8, 4) is 11.5 Å². The standard InChI is InChI=1S/C27H21BrCl2N2O5S/c1-35-20-7-5-19(6-8-20)32-26(34)23(31(27(32)38)14-25(33)36-2)13-17-12-18(28)4-10-24(17)37-15-16-3-9-21(29)22(30)11-16/h3-13H,14-15H2,1-2H3/b23-13-. The molecule has 196 valence electrons. The number of ether oxygens (including phenoxy) is 3. The molecule has 3 aromatic carbocycles. The van der Waals surface area contributed by atoms with Crippen LogP contribution in [0.4, 0.5) is 5.69 Å². The maximum absolute atomic E-state index is 13.7. The largest absolute Gasteiger partial charge is 0.497 e. The Morgan fingerprint density at radius 2 is 1.76 bits per heavy atom. The van der Waals surface area contributed by atoms with E-state index in [1.54, 1.807) is 61.7 Å². The number of carbonyl (C=O) groups excluding carboxylic acids is 2. The number of rotatable bonds is 8. The van der Waals surface area contributed by atoms with Crippen molar-refractivity contribution >= 4 is 80.1 Å². The average Bonchev–Trinajstić information content (AvgIpc) is 3.13. The van der Waals surface area contributed by atoms with E-state index < -0.39 is 11.9 Å². The fourth-order valence-corrected chi connectivity index (χ4v) is 4.74. The minimum Gasteiger partial charge on any atom is -0.497 e. The highest BCUT2D eigenvalue weighted by Crippen LogP contribution is 2.33. The molecule has 1 aliphatic heterocycles. The SMILES string of the molecule is COC(=O)CN1C(=S)N(c2ccc(OC)cc2)C(=O)/C1=C/c1cc(Br)ccc1OCc1ccc(Cl)c(Cl)c1. The van der Waals surface area contributed by atoms with Gasteiger partial charge in [0.15, 0.2) is 5.11 Å². The van der Waals surface area contributed by atoms with Gasteiger partial charge in [-0.05, 0) is 78.5 Å². The number of benzene rings is 3. The van der Waals surface area contributed by atoms with E-state index in [0.29, 0.717) is 32.8 Å². The van der Waals surface area contributed by atoms with Crippen LogP contribution in [0.15, 0.2) is 70.8 Å². The van der Waals surface area contributed by atoms with Crippen LogP contribution in [0, 0.1) is 0 Å². The Labute approximate surface area is 243 Å². The van der Waals surface area contributed by atoms with Gasteiger partial charge in [0.25, 0.3) is 5.91 Å². The van der Waals surface area contributed by atoms with Crippen LogP contribution in [0.2, 0.25) is 10.0 Å². The van der Waals surface area contributed by atoms with Gasteiger partial charge in [0, 0.05) is 10.0 Å². The molecule has 0 saturated carbocycles. The molecule has 1 saturated heterocycles. The number of hydrogen-bond donors (Lipinski definition) is 0. The summed E-state index contributed by atoms with van der Waals surface area (Å²) in [6, 6.07) is 17.5. The molecule has 1 heterocycles. The maximum atomic E-state index is 13.7. The van der Waals surface area contributed by atoms with Gasteiger partial charge in [0.05, 0.1) is 30.0 Å². The lowest BCUT2D eigenvalue weighted by molar-refractivity contribution is -0.140. The molecule has 0 spiro atoms. The van der Waals surface area contributed by atoms with Crippen LogP contribution in [-0.2, 0) is 20.9 Å². The van der Waals surface area contributed by atoms with E-state index in [0.717, 1.165) is 10.0 Å². The molecule has 4 rings (SSSR count). The maximum Gasteiger partial charge on any atom is 0.325 e. The molecular formula is C27H21BrCl2N2O5S. The molecule has 0 atom stereocenters. The first-order valence-corrected chi connectivity index (χ1v) is 13.1. The smallest absolute Gasteiger partial charge is 0.325 e. The molecule has 38 heavy (non-hydrogen) atoms. The van der Waals surface area contributed by atoms with E-state index in [2.05, 4.69) is 15.9 Å². The van der Waals surface area contributed by atoms with Crippen LogP contribution in [0.25, 0.3) is 6.08 Å². The summed E-state index contributed by atoms with van der Waals surface area (Å²) in [5.74, 6) is 0.185. The van der Waals surface area contributed by atoms with Crippen LogP contribution >= 0.6 is 51.3 Å². The van der Waals surface area contributed by atoms with Crippen molar-refractivity contribution in [3.63, 3.8) is 0 Å². The van der Waals surface area contributed by atoms with Crippen molar-refractivity contribution in [3.05, 3.63) is 92.0 Å². The predicted molar refractivity (Wildman–Crippen MR) is 155 cm³/mol. The molecule has 0 aliphatic carbocycles. The van der Waals surface area contributed by atoms with Crippen molar-refractivity contribution in [2.75, 3.05) is 25.7 Å². The third kappa shape index (κ3) is 6.13. The van der Waals surface area contributed by atoms with Gasteiger partial charge in [-0.3, -0.25) is 14.5 Å². The number of thiocarbonyl (C=S) groups is 1. The Bertz CT molecular complexity index is 1430. The van der Waals surface area contributed by atoms with Crippen LogP contribution in [-0.4, -0.2) is 42.7 Å². The lowest BCUT2D eigenvalue weighted by Gasteiger charge is -2.19. The van der Waals surface area contributed by atoms with Gasteiger partial charge in [0.1, 0.15) is 30.3 Å². The fourth-order valence-electron chi connectivity index (χ4n) is 3.69. The second-order valence-corrected chi connectivity index (χ2v) is 10.1. The summed E-state index contributed by atoms with van der Waals surface area (Å²) in [6.45, 7) is -0.0298. The first-order chi connectivity index (χ1) is 18.2. The van der Waals surface area contributed by atoms with Crippen molar-refractivity contribution in [2.45, 2.75) is 6.61 Å². The summed E-state index contributed by atoms with van der Waals surface area (Å²) >= 11 is 21.3. The average molecular weight is 636 g/mol. The van der Waals surface area contributed by atoms with Gasteiger partial charge in [0.2, 0.25) is 0 Å². The number of amides is 1. The van der Waals surface area contributed by atoms with Crippen molar-refractivity contribution in [2.24, 2.45) is 0 Å². The fraction of sp³-hybridized carbons (Fsp3) is 0.148. The highest BCUT2D eigenvalue weighted by atomic mass is 79.9. The topological polar surface area (TPSA) is 68.3 Å². The second kappa shape index (κ2) is 12.2. The molecule has 1 amide bonds. The van der Waals surface area contributed by atoms with Crippen LogP contribution in [0.3, 0.4) is 0 Å². The molecule has 0 N–H and O–H groups in total. The Balaban J connectivity index is 1.71. The van der Waals surface area contributed by atoms with E-state index in [1.807, 2.05) is 12.1 Å². The first-order valence-electron chi connectivity index (χ1n) is 11.2. The molecule has 1 fully saturated rings. The Hall–Kier alpha value is -3.11.